The van der Waals surface area contributed by atoms with Gasteiger partial charge in [0.15, 0.2) is 0 Å². The summed E-state index contributed by atoms with van der Waals surface area (Å²) in [5.41, 5.74) is 0. The van der Waals surface area contributed by atoms with Crippen LogP contribution < -0.4 is 0 Å². The highest BCUT2D eigenvalue weighted by Gasteiger charge is 2.29. The van der Waals surface area contributed by atoms with Gasteiger partial charge in [-0.15, -0.1) is 0 Å². The molecule has 64 valence electrons. The Bertz CT molecular complexity index is 136. The Labute approximate surface area is 73.2 Å². The van der Waals surface area contributed by atoms with E-state index in [9.17, 15) is 0 Å². The number of hydrogen-bond acceptors (Lipinski definition) is 2. The summed E-state index contributed by atoms with van der Waals surface area (Å²) >= 11 is 2.04. The Balaban J connectivity index is 2.23. The maximum Gasteiger partial charge on any atom is 0.102 e. The molecular weight excluding hydrogens is 156 g/mol. The zero-order valence-electron chi connectivity index (χ0n) is 7.30. The number of allylic oxidation sites excluding steroid dienone is 1. The first-order valence-electron chi connectivity index (χ1n) is 4.13. The van der Waals surface area contributed by atoms with Crippen LogP contribution in [0.2, 0.25) is 0 Å². The molecule has 0 aromatic carbocycles. The predicted octanol–water partition coefficient (Wildman–Crippen LogP) is 2.82. The van der Waals surface area contributed by atoms with E-state index in [1.807, 2.05) is 24.8 Å². The van der Waals surface area contributed by atoms with E-state index in [2.05, 4.69) is 6.92 Å². The van der Waals surface area contributed by atoms with Crippen molar-refractivity contribution in [2.75, 3.05) is 12.4 Å². The first-order chi connectivity index (χ1) is 5.27. The number of hydrogen-bond donors (Lipinski definition) is 0. The minimum absolute atomic E-state index is 0.388. The van der Waals surface area contributed by atoms with Crippen LogP contribution in [0.3, 0.4) is 0 Å². The molecule has 0 N–H and O–H groups in total. The van der Waals surface area contributed by atoms with Crippen LogP contribution in [0, 0.1) is 0 Å². The lowest BCUT2D eigenvalue weighted by Gasteiger charge is -2.21. The SMILES string of the molecule is C/C=C/OCC1(C)CCCS1. The van der Waals surface area contributed by atoms with Crippen molar-refractivity contribution in [3.8, 4) is 0 Å². The lowest BCUT2D eigenvalue weighted by molar-refractivity contribution is 0.216. The van der Waals surface area contributed by atoms with E-state index in [1.54, 1.807) is 6.26 Å². The quantitative estimate of drug-likeness (QED) is 0.605. The van der Waals surface area contributed by atoms with E-state index in [0.717, 1.165) is 6.61 Å². The molecule has 1 atom stereocenters. The van der Waals surface area contributed by atoms with Gasteiger partial charge in [-0.25, -0.2) is 0 Å². The van der Waals surface area contributed by atoms with Crippen LogP contribution >= 0.6 is 11.8 Å². The standard InChI is InChI=1S/C9H16OS/c1-3-6-10-8-9(2)5-4-7-11-9/h3,6H,4-5,7-8H2,1-2H3/b6-3+. The van der Waals surface area contributed by atoms with Gasteiger partial charge in [-0.05, 0) is 32.4 Å². The van der Waals surface area contributed by atoms with Gasteiger partial charge in [0.25, 0.3) is 0 Å². The molecule has 1 heterocycles. The first kappa shape index (κ1) is 8.98. The average molecular weight is 172 g/mol. The normalized spacial score (nSPS) is 31.5. The molecule has 0 aliphatic carbocycles. The van der Waals surface area contributed by atoms with Gasteiger partial charge in [-0.1, -0.05) is 6.08 Å². The van der Waals surface area contributed by atoms with Crippen LogP contribution in [-0.2, 0) is 4.74 Å². The zero-order valence-corrected chi connectivity index (χ0v) is 8.12. The Morgan fingerprint density at radius 1 is 1.64 bits per heavy atom. The second-order valence-corrected chi connectivity index (χ2v) is 4.86. The Kier molecular flexibility index (Phi) is 3.31. The molecule has 1 fully saturated rings. The van der Waals surface area contributed by atoms with Gasteiger partial charge < -0.3 is 4.74 Å². The van der Waals surface area contributed by atoms with E-state index in [1.165, 1.54) is 18.6 Å². The van der Waals surface area contributed by atoms with E-state index in [4.69, 9.17) is 4.74 Å². The molecule has 0 amide bonds. The number of ether oxygens (including phenoxy) is 1. The summed E-state index contributed by atoms with van der Waals surface area (Å²) in [6.07, 6.45) is 6.36. The maximum atomic E-state index is 5.37. The summed E-state index contributed by atoms with van der Waals surface area (Å²) in [4.78, 5) is 0. The summed E-state index contributed by atoms with van der Waals surface area (Å²) in [6, 6.07) is 0. The molecule has 1 rings (SSSR count). The summed E-state index contributed by atoms with van der Waals surface area (Å²) in [5.74, 6) is 1.30. The van der Waals surface area contributed by atoms with Crippen LogP contribution in [-0.4, -0.2) is 17.1 Å². The minimum Gasteiger partial charge on any atom is -0.500 e. The average Bonchev–Trinajstić information content (AvgIpc) is 2.38. The minimum atomic E-state index is 0.388. The topological polar surface area (TPSA) is 9.23 Å². The molecule has 0 aromatic rings. The van der Waals surface area contributed by atoms with Crippen LogP contribution in [0.15, 0.2) is 12.3 Å². The summed E-state index contributed by atoms with van der Waals surface area (Å²) < 4.78 is 5.76. The predicted molar refractivity (Wildman–Crippen MR) is 50.9 cm³/mol. The molecule has 0 bridgehead atoms. The molecule has 1 aliphatic heterocycles. The van der Waals surface area contributed by atoms with Crippen molar-refractivity contribution in [3.05, 3.63) is 12.3 Å². The van der Waals surface area contributed by atoms with E-state index < -0.39 is 0 Å². The lowest BCUT2D eigenvalue weighted by Crippen LogP contribution is -2.21. The second kappa shape index (κ2) is 4.05. The molecule has 0 spiro atoms. The highest BCUT2D eigenvalue weighted by atomic mass is 32.2. The van der Waals surface area contributed by atoms with Crippen molar-refractivity contribution >= 4 is 11.8 Å². The Morgan fingerprint density at radius 2 is 2.45 bits per heavy atom. The Morgan fingerprint density at radius 3 is 3.00 bits per heavy atom. The molecule has 1 nitrogen and oxygen atoms in total. The second-order valence-electron chi connectivity index (χ2n) is 3.18. The van der Waals surface area contributed by atoms with E-state index in [-0.39, 0.29) is 0 Å². The largest absolute Gasteiger partial charge is 0.500 e. The van der Waals surface area contributed by atoms with Gasteiger partial charge in [0.1, 0.15) is 6.61 Å². The van der Waals surface area contributed by atoms with Gasteiger partial charge in [0.2, 0.25) is 0 Å². The van der Waals surface area contributed by atoms with Crippen molar-refractivity contribution in [1.82, 2.24) is 0 Å². The molecule has 1 saturated heterocycles. The number of rotatable bonds is 3. The van der Waals surface area contributed by atoms with Crippen molar-refractivity contribution < 1.29 is 4.74 Å². The molecule has 0 radical (unpaired) electrons. The fourth-order valence-corrected chi connectivity index (χ4v) is 2.49. The monoisotopic (exact) mass is 172 g/mol. The fourth-order valence-electron chi connectivity index (χ4n) is 1.27. The van der Waals surface area contributed by atoms with Crippen molar-refractivity contribution in [1.29, 1.82) is 0 Å². The van der Waals surface area contributed by atoms with Crippen molar-refractivity contribution in [3.63, 3.8) is 0 Å². The Hall–Kier alpha value is -0.110. The van der Waals surface area contributed by atoms with Crippen LogP contribution in [0.1, 0.15) is 26.7 Å². The smallest absolute Gasteiger partial charge is 0.102 e. The summed E-state index contributed by atoms with van der Waals surface area (Å²) in [6.45, 7) is 5.13. The first-order valence-corrected chi connectivity index (χ1v) is 5.12. The van der Waals surface area contributed by atoms with Gasteiger partial charge in [-0.3, -0.25) is 0 Å². The molecule has 2 heteroatoms. The van der Waals surface area contributed by atoms with Crippen LogP contribution in [0.25, 0.3) is 0 Å². The highest BCUT2D eigenvalue weighted by Crippen LogP contribution is 2.37. The van der Waals surface area contributed by atoms with Gasteiger partial charge >= 0.3 is 0 Å². The zero-order chi connectivity index (χ0) is 8.16. The molecular formula is C9H16OS. The summed E-state index contributed by atoms with van der Waals surface area (Å²) in [5, 5.41) is 0. The fraction of sp³-hybridized carbons (Fsp3) is 0.778. The third-order valence-electron chi connectivity index (χ3n) is 1.92. The van der Waals surface area contributed by atoms with Gasteiger partial charge in [0.05, 0.1) is 6.26 Å². The van der Waals surface area contributed by atoms with Crippen LogP contribution in [0.4, 0.5) is 0 Å². The summed E-state index contributed by atoms with van der Waals surface area (Å²) in [7, 11) is 0. The molecule has 0 aromatic heterocycles. The molecule has 0 saturated carbocycles. The third kappa shape index (κ3) is 2.78. The molecule has 1 aliphatic rings. The highest BCUT2D eigenvalue weighted by molar-refractivity contribution is 8.00. The van der Waals surface area contributed by atoms with E-state index >= 15 is 0 Å². The van der Waals surface area contributed by atoms with E-state index in [0.29, 0.717) is 4.75 Å². The number of thioether (sulfide) groups is 1. The lowest BCUT2D eigenvalue weighted by atomic mass is 10.1. The third-order valence-corrected chi connectivity index (χ3v) is 3.43. The van der Waals surface area contributed by atoms with Crippen LogP contribution in [0.5, 0.6) is 0 Å². The molecule has 11 heavy (non-hydrogen) atoms. The molecule has 1 unspecified atom stereocenters. The van der Waals surface area contributed by atoms with Gasteiger partial charge in [-0.2, -0.15) is 11.8 Å². The van der Waals surface area contributed by atoms with Gasteiger partial charge in [0, 0.05) is 4.75 Å². The van der Waals surface area contributed by atoms with Crippen molar-refractivity contribution in [2.45, 2.75) is 31.4 Å². The van der Waals surface area contributed by atoms with Crippen molar-refractivity contribution in [2.24, 2.45) is 0 Å². The maximum absolute atomic E-state index is 5.37.